The van der Waals surface area contributed by atoms with Gasteiger partial charge in [0.25, 0.3) is 0 Å². The van der Waals surface area contributed by atoms with Crippen molar-refractivity contribution in [2.24, 2.45) is 5.92 Å². The summed E-state index contributed by atoms with van der Waals surface area (Å²) >= 11 is 0. The molecule has 0 spiro atoms. The first kappa shape index (κ1) is 23.5. The molecule has 1 aliphatic heterocycles. The Morgan fingerprint density at radius 3 is 2.47 bits per heavy atom. The van der Waals surface area contributed by atoms with Crippen LogP contribution in [-0.2, 0) is 19.1 Å². The maximum Gasteiger partial charge on any atom is 0.320 e. The number of ether oxygens (including phenoxy) is 2. The van der Waals surface area contributed by atoms with Crippen LogP contribution in [0.1, 0.15) is 32.8 Å². The van der Waals surface area contributed by atoms with E-state index in [9.17, 15) is 14.9 Å². The standard InChI is InChI=1S/C24H30N4O4/c1-4-31-22(29)15-27(16-23(30)32-5-2)19-11-17(3)13-28(14-19)21-9-8-18(12-25)24-20(21)7-6-10-26-24/h6-10,17,19H,4-5,11,13-16H2,1-3H3/t17-,19?/m1/s1. The molecule has 3 rings (SSSR count). The van der Waals surface area contributed by atoms with Crippen LogP contribution in [0, 0.1) is 17.2 Å². The lowest BCUT2D eigenvalue weighted by Gasteiger charge is -2.42. The van der Waals surface area contributed by atoms with Gasteiger partial charge in [-0.25, -0.2) is 0 Å². The van der Waals surface area contributed by atoms with Crippen LogP contribution in [0.15, 0.2) is 30.5 Å². The van der Waals surface area contributed by atoms with Crippen molar-refractivity contribution in [2.75, 3.05) is 44.3 Å². The highest BCUT2D eigenvalue weighted by atomic mass is 16.5. The molecule has 0 bridgehead atoms. The van der Waals surface area contributed by atoms with Crippen molar-refractivity contribution >= 4 is 28.5 Å². The van der Waals surface area contributed by atoms with Crippen LogP contribution in [0.25, 0.3) is 10.9 Å². The van der Waals surface area contributed by atoms with Crippen LogP contribution in [-0.4, -0.2) is 67.3 Å². The number of anilines is 1. The van der Waals surface area contributed by atoms with Gasteiger partial charge < -0.3 is 14.4 Å². The molecule has 1 unspecified atom stereocenters. The second-order valence-corrected chi connectivity index (χ2v) is 8.06. The summed E-state index contributed by atoms with van der Waals surface area (Å²) in [6, 6.07) is 9.78. The van der Waals surface area contributed by atoms with Crippen molar-refractivity contribution in [3.8, 4) is 6.07 Å². The van der Waals surface area contributed by atoms with Crippen LogP contribution in [0.2, 0.25) is 0 Å². The molecular formula is C24H30N4O4. The van der Waals surface area contributed by atoms with Crippen LogP contribution in [0.4, 0.5) is 5.69 Å². The molecule has 2 heterocycles. The molecule has 1 saturated heterocycles. The second-order valence-electron chi connectivity index (χ2n) is 8.06. The lowest BCUT2D eigenvalue weighted by molar-refractivity contribution is -0.149. The van der Waals surface area contributed by atoms with Crippen molar-refractivity contribution in [1.82, 2.24) is 9.88 Å². The van der Waals surface area contributed by atoms with Crippen molar-refractivity contribution in [3.05, 3.63) is 36.0 Å². The van der Waals surface area contributed by atoms with Crippen LogP contribution < -0.4 is 4.90 Å². The van der Waals surface area contributed by atoms with Crippen molar-refractivity contribution in [3.63, 3.8) is 0 Å². The number of carbonyl (C=O) groups excluding carboxylic acids is 2. The highest BCUT2D eigenvalue weighted by Gasteiger charge is 2.32. The summed E-state index contributed by atoms with van der Waals surface area (Å²) < 4.78 is 10.3. The average Bonchev–Trinajstić information content (AvgIpc) is 2.77. The van der Waals surface area contributed by atoms with E-state index in [2.05, 4.69) is 22.9 Å². The molecule has 1 aromatic heterocycles. The average molecular weight is 439 g/mol. The van der Waals surface area contributed by atoms with Crippen molar-refractivity contribution < 1.29 is 19.1 Å². The number of rotatable bonds is 8. The third-order valence-electron chi connectivity index (χ3n) is 5.64. The van der Waals surface area contributed by atoms with Gasteiger partial charge in [-0.15, -0.1) is 0 Å². The Hall–Kier alpha value is -3.18. The molecule has 0 saturated carbocycles. The Balaban J connectivity index is 1.89. The normalized spacial score (nSPS) is 18.4. The second kappa shape index (κ2) is 10.9. The lowest BCUT2D eigenvalue weighted by atomic mass is 9.93. The van der Waals surface area contributed by atoms with Gasteiger partial charge in [-0.05, 0) is 50.5 Å². The number of carbonyl (C=O) groups is 2. The monoisotopic (exact) mass is 438 g/mol. The molecule has 0 aliphatic carbocycles. The van der Waals surface area contributed by atoms with Gasteiger partial charge in [-0.2, -0.15) is 5.26 Å². The summed E-state index contributed by atoms with van der Waals surface area (Å²) in [5.41, 5.74) is 2.21. The van der Waals surface area contributed by atoms with Crippen LogP contribution in [0.3, 0.4) is 0 Å². The summed E-state index contributed by atoms with van der Waals surface area (Å²) in [6.45, 7) is 7.83. The molecule has 0 N–H and O–H groups in total. The number of nitrogens with zero attached hydrogens (tertiary/aromatic N) is 4. The maximum atomic E-state index is 12.2. The van der Waals surface area contributed by atoms with Crippen molar-refractivity contribution in [1.29, 1.82) is 5.26 Å². The molecule has 1 aromatic carbocycles. The number of fused-ring (bicyclic) bond motifs is 1. The molecule has 0 amide bonds. The Kier molecular flexibility index (Phi) is 8.01. The van der Waals surface area contributed by atoms with Gasteiger partial charge >= 0.3 is 11.9 Å². The van der Waals surface area contributed by atoms with Crippen LogP contribution >= 0.6 is 0 Å². The SMILES string of the molecule is CCOC(=O)CN(CC(=O)OCC)C1C[C@@H](C)CN(c2ccc(C#N)c3ncccc23)C1. The fourth-order valence-corrected chi connectivity index (χ4v) is 4.36. The summed E-state index contributed by atoms with van der Waals surface area (Å²) in [7, 11) is 0. The summed E-state index contributed by atoms with van der Waals surface area (Å²) in [5.74, 6) is -0.368. The summed E-state index contributed by atoms with van der Waals surface area (Å²) in [4.78, 5) is 33.0. The fraction of sp³-hybridized carbons (Fsp3) is 0.500. The first-order valence-electron chi connectivity index (χ1n) is 11.0. The smallest absolute Gasteiger partial charge is 0.320 e. The van der Waals surface area contributed by atoms with Crippen LogP contribution in [0.5, 0.6) is 0 Å². The third kappa shape index (κ3) is 5.54. The number of benzene rings is 1. The molecule has 1 aliphatic rings. The Morgan fingerprint density at radius 1 is 1.16 bits per heavy atom. The lowest BCUT2D eigenvalue weighted by Crippen LogP contribution is -2.53. The van der Waals surface area contributed by atoms with Gasteiger partial charge in [0.05, 0.1) is 37.4 Å². The highest BCUT2D eigenvalue weighted by Crippen LogP contribution is 2.32. The van der Waals surface area contributed by atoms with E-state index in [4.69, 9.17) is 9.47 Å². The van der Waals surface area contributed by atoms with E-state index in [1.54, 1.807) is 26.1 Å². The number of aromatic nitrogens is 1. The molecule has 2 atom stereocenters. The minimum atomic E-state index is -0.352. The molecule has 1 fully saturated rings. The Labute approximate surface area is 188 Å². The molecular weight excluding hydrogens is 408 g/mol. The molecule has 8 heteroatoms. The van der Waals surface area contributed by atoms with Gasteiger partial charge in [0.2, 0.25) is 0 Å². The molecule has 8 nitrogen and oxygen atoms in total. The molecule has 32 heavy (non-hydrogen) atoms. The number of hydrogen-bond donors (Lipinski definition) is 0. The topological polar surface area (TPSA) is 95.8 Å². The van der Waals surface area contributed by atoms with Crippen molar-refractivity contribution in [2.45, 2.75) is 33.2 Å². The summed E-state index contributed by atoms with van der Waals surface area (Å²) in [5, 5.41) is 10.4. The number of esters is 2. The van der Waals surface area contributed by atoms with E-state index >= 15 is 0 Å². The number of nitriles is 1. The first-order valence-corrected chi connectivity index (χ1v) is 11.0. The Morgan fingerprint density at radius 2 is 1.84 bits per heavy atom. The van der Waals surface area contributed by atoms with Gasteiger partial charge in [0.1, 0.15) is 6.07 Å². The zero-order chi connectivity index (χ0) is 23.1. The van der Waals surface area contributed by atoms with Gasteiger partial charge in [-0.1, -0.05) is 6.92 Å². The number of hydrogen-bond acceptors (Lipinski definition) is 8. The highest BCUT2D eigenvalue weighted by molar-refractivity contribution is 5.95. The molecule has 170 valence electrons. The van der Waals surface area contributed by atoms with E-state index in [0.29, 0.717) is 36.8 Å². The van der Waals surface area contributed by atoms with E-state index < -0.39 is 0 Å². The molecule has 2 aromatic rings. The van der Waals surface area contributed by atoms with E-state index in [1.807, 2.05) is 23.1 Å². The largest absolute Gasteiger partial charge is 0.465 e. The van der Waals surface area contributed by atoms with Gasteiger partial charge in [-0.3, -0.25) is 19.5 Å². The maximum absolute atomic E-state index is 12.2. The van der Waals surface area contributed by atoms with Gasteiger partial charge in [0, 0.05) is 36.4 Å². The zero-order valence-electron chi connectivity index (χ0n) is 18.9. The minimum Gasteiger partial charge on any atom is -0.465 e. The van der Waals surface area contributed by atoms with Gasteiger partial charge in [0.15, 0.2) is 0 Å². The minimum absolute atomic E-state index is 0.0325. The number of piperidine rings is 1. The summed E-state index contributed by atoms with van der Waals surface area (Å²) in [6.07, 6.45) is 2.54. The first-order chi connectivity index (χ1) is 15.5. The number of pyridine rings is 1. The molecule has 0 radical (unpaired) electrons. The fourth-order valence-electron chi connectivity index (χ4n) is 4.36. The van der Waals surface area contributed by atoms with E-state index in [0.717, 1.165) is 24.0 Å². The predicted octanol–water partition coefficient (Wildman–Crippen LogP) is 2.75. The van der Waals surface area contributed by atoms with E-state index in [1.165, 1.54) is 0 Å². The predicted molar refractivity (Wildman–Crippen MR) is 121 cm³/mol. The van der Waals surface area contributed by atoms with E-state index in [-0.39, 0.29) is 31.1 Å². The Bertz CT molecular complexity index is 983. The quantitative estimate of drug-likeness (QED) is 0.581. The zero-order valence-corrected chi connectivity index (χ0v) is 18.9. The third-order valence-corrected chi connectivity index (χ3v) is 5.64.